The number of fused-ring (bicyclic) bond motifs is 1. The topological polar surface area (TPSA) is 94.9 Å². The van der Waals surface area contributed by atoms with E-state index in [1.165, 1.54) is 7.11 Å². The number of carboxylic acid groups (broad SMARTS) is 1. The van der Waals surface area contributed by atoms with Crippen molar-refractivity contribution in [3.8, 4) is 22.6 Å². The molecule has 0 fully saturated rings. The van der Waals surface area contributed by atoms with E-state index in [1.807, 2.05) is 36.4 Å². The lowest BCUT2D eigenvalue weighted by molar-refractivity contribution is -0.136. The van der Waals surface area contributed by atoms with Gasteiger partial charge in [-0.2, -0.15) is 0 Å². The third-order valence-electron chi connectivity index (χ3n) is 5.41. The highest BCUT2D eigenvalue weighted by Gasteiger charge is 2.14. The normalized spacial score (nSPS) is 12.0. The summed E-state index contributed by atoms with van der Waals surface area (Å²) in [6, 6.07) is 17.6. The first-order chi connectivity index (χ1) is 16.0. The van der Waals surface area contributed by atoms with E-state index in [0.717, 1.165) is 22.1 Å². The van der Waals surface area contributed by atoms with Crippen LogP contribution in [0.5, 0.6) is 11.5 Å². The maximum Gasteiger partial charge on any atom is 0.307 e. The predicted octanol–water partition coefficient (Wildman–Crippen LogP) is 5.28. The zero-order valence-corrected chi connectivity index (χ0v) is 18.1. The van der Waals surface area contributed by atoms with Gasteiger partial charge in [0, 0.05) is 22.6 Å². The first-order valence-electron chi connectivity index (χ1n) is 10.4. The third kappa shape index (κ3) is 4.99. The van der Waals surface area contributed by atoms with Gasteiger partial charge < -0.3 is 24.7 Å². The van der Waals surface area contributed by atoms with E-state index in [1.54, 1.807) is 30.5 Å². The van der Waals surface area contributed by atoms with Gasteiger partial charge in [-0.25, -0.2) is 4.39 Å². The summed E-state index contributed by atoms with van der Waals surface area (Å²) in [4.78, 5) is 11.2. The summed E-state index contributed by atoms with van der Waals surface area (Å²) < 4.78 is 30.1. The standard InChI is InChI=1S/C26H24FNO5/c1-31-21-6-5-19(12-25(29)30)24(13-21)33-15-16-9-20-7-8-32-26(20)22(10-16)17-3-2-4-18(11-17)23(28)14-27/h2-11,13,23H,12,14-15,28H2,1H3,(H,29,30)/t23-/m1/s1. The molecular formula is C26H24FNO5. The summed E-state index contributed by atoms with van der Waals surface area (Å²) in [6.07, 6.45) is 1.45. The molecule has 7 heteroatoms. The lowest BCUT2D eigenvalue weighted by atomic mass is 9.97. The number of benzene rings is 3. The molecule has 3 N–H and O–H groups in total. The third-order valence-corrected chi connectivity index (χ3v) is 5.41. The highest BCUT2D eigenvalue weighted by Crippen LogP contribution is 2.33. The number of nitrogens with two attached hydrogens (primary N) is 1. The molecule has 170 valence electrons. The number of hydrogen-bond acceptors (Lipinski definition) is 5. The van der Waals surface area contributed by atoms with Crippen molar-refractivity contribution in [2.75, 3.05) is 13.8 Å². The Kier molecular flexibility index (Phi) is 6.60. The van der Waals surface area contributed by atoms with Crippen LogP contribution in [0.1, 0.15) is 22.7 Å². The number of aliphatic carboxylic acids is 1. The average molecular weight is 449 g/mol. The van der Waals surface area contributed by atoms with Crippen molar-refractivity contribution in [3.63, 3.8) is 0 Å². The van der Waals surface area contributed by atoms with E-state index in [9.17, 15) is 14.3 Å². The largest absolute Gasteiger partial charge is 0.497 e. The molecular weight excluding hydrogens is 425 g/mol. The highest BCUT2D eigenvalue weighted by molar-refractivity contribution is 5.93. The maximum atomic E-state index is 13.1. The Balaban J connectivity index is 1.68. The van der Waals surface area contributed by atoms with Gasteiger partial charge in [-0.15, -0.1) is 0 Å². The van der Waals surface area contributed by atoms with Crippen LogP contribution in [-0.4, -0.2) is 24.9 Å². The van der Waals surface area contributed by atoms with E-state index in [4.69, 9.17) is 19.6 Å². The molecule has 0 aliphatic rings. The van der Waals surface area contributed by atoms with Gasteiger partial charge >= 0.3 is 5.97 Å². The molecule has 0 saturated carbocycles. The Bertz CT molecular complexity index is 1280. The van der Waals surface area contributed by atoms with Crippen LogP contribution in [0, 0.1) is 0 Å². The predicted molar refractivity (Wildman–Crippen MR) is 123 cm³/mol. The van der Waals surface area contributed by atoms with Gasteiger partial charge in [-0.05, 0) is 47.0 Å². The fourth-order valence-corrected chi connectivity index (χ4v) is 3.73. The molecule has 6 nitrogen and oxygen atoms in total. The number of carbonyl (C=O) groups is 1. The van der Waals surface area contributed by atoms with Crippen molar-refractivity contribution >= 4 is 16.9 Å². The van der Waals surface area contributed by atoms with Crippen molar-refractivity contribution in [2.24, 2.45) is 5.73 Å². The lowest BCUT2D eigenvalue weighted by Crippen LogP contribution is -2.11. The molecule has 0 saturated heterocycles. The van der Waals surface area contributed by atoms with E-state index >= 15 is 0 Å². The first kappa shape index (κ1) is 22.4. The van der Waals surface area contributed by atoms with Gasteiger partial charge in [0.05, 0.1) is 25.8 Å². The Morgan fingerprint density at radius 1 is 1.15 bits per heavy atom. The van der Waals surface area contributed by atoms with Gasteiger partial charge in [0.1, 0.15) is 30.4 Å². The SMILES string of the molecule is COc1ccc(CC(=O)O)c(OCc2cc(-c3cccc([C@H](N)CF)c3)c3occc3c2)c1. The molecule has 0 aliphatic heterocycles. The summed E-state index contributed by atoms with van der Waals surface area (Å²) >= 11 is 0. The van der Waals surface area contributed by atoms with E-state index in [-0.39, 0.29) is 13.0 Å². The highest BCUT2D eigenvalue weighted by atomic mass is 19.1. The van der Waals surface area contributed by atoms with Gasteiger partial charge in [-0.3, -0.25) is 4.79 Å². The molecule has 0 unspecified atom stereocenters. The number of carboxylic acids is 1. The van der Waals surface area contributed by atoms with Crippen molar-refractivity contribution in [1.29, 1.82) is 0 Å². The number of halogens is 1. The molecule has 1 atom stereocenters. The van der Waals surface area contributed by atoms with Gasteiger partial charge in [-0.1, -0.05) is 24.3 Å². The van der Waals surface area contributed by atoms with Crippen LogP contribution in [0.25, 0.3) is 22.1 Å². The van der Waals surface area contributed by atoms with Crippen LogP contribution in [-0.2, 0) is 17.8 Å². The fraction of sp³-hybridized carbons (Fsp3) is 0.192. The zero-order chi connectivity index (χ0) is 23.4. The maximum absolute atomic E-state index is 13.1. The molecule has 3 aromatic carbocycles. The van der Waals surface area contributed by atoms with Crippen LogP contribution in [0.3, 0.4) is 0 Å². The second-order valence-electron chi connectivity index (χ2n) is 7.70. The van der Waals surface area contributed by atoms with Gasteiger partial charge in [0.2, 0.25) is 0 Å². The molecule has 0 aliphatic carbocycles. The number of ether oxygens (including phenoxy) is 2. The number of furan rings is 1. The number of rotatable bonds is 9. The molecule has 4 aromatic rings. The minimum absolute atomic E-state index is 0.160. The van der Waals surface area contributed by atoms with Crippen LogP contribution >= 0.6 is 0 Å². The molecule has 0 bridgehead atoms. The Labute approximate surface area is 190 Å². The first-order valence-corrected chi connectivity index (χ1v) is 10.4. The number of methoxy groups -OCH3 is 1. The van der Waals surface area contributed by atoms with Gasteiger partial charge in [0.25, 0.3) is 0 Å². The molecule has 1 aromatic heterocycles. The molecule has 0 radical (unpaired) electrons. The minimum atomic E-state index is -0.946. The lowest BCUT2D eigenvalue weighted by Gasteiger charge is -2.14. The molecule has 33 heavy (non-hydrogen) atoms. The Hall–Kier alpha value is -3.84. The van der Waals surface area contributed by atoms with Crippen molar-refractivity contribution in [1.82, 2.24) is 0 Å². The summed E-state index contributed by atoms with van der Waals surface area (Å²) in [5.74, 6) is 0.0751. The summed E-state index contributed by atoms with van der Waals surface area (Å²) in [7, 11) is 1.54. The van der Waals surface area contributed by atoms with Crippen LogP contribution in [0.15, 0.2) is 71.3 Å². The van der Waals surface area contributed by atoms with Crippen LogP contribution < -0.4 is 15.2 Å². The molecule has 1 heterocycles. The number of alkyl halides is 1. The van der Waals surface area contributed by atoms with Crippen molar-refractivity contribution in [2.45, 2.75) is 19.1 Å². The second kappa shape index (κ2) is 9.75. The Morgan fingerprint density at radius 2 is 2.00 bits per heavy atom. The smallest absolute Gasteiger partial charge is 0.307 e. The van der Waals surface area contributed by atoms with Crippen LogP contribution in [0.4, 0.5) is 4.39 Å². The summed E-state index contributed by atoms with van der Waals surface area (Å²) in [5, 5.41) is 10.1. The van der Waals surface area contributed by atoms with E-state index < -0.39 is 18.7 Å². The fourth-order valence-electron chi connectivity index (χ4n) is 3.73. The molecule has 0 spiro atoms. The van der Waals surface area contributed by atoms with E-state index in [2.05, 4.69) is 0 Å². The van der Waals surface area contributed by atoms with Crippen LogP contribution in [0.2, 0.25) is 0 Å². The number of hydrogen-bond donors (Lipinski definition) is 2. The van der Waals surface area contributed by atoms with Crippen molar-refractivity contribution in [3.05, 3.63) is 83.6 Å². The minimum Gasteiger partial charge on any atom is -0.497 e. The summed E-state index contributed by atoms with van der Waals surface area (Å²) in [5.41, 5.74) is 10.4. The molecule has 4 rings (SSSR count). The monoisotopic (exact) mass is 449 g/mol. The average Bonchev–Trinajstić information content (AvgIpc) is 3.30. The molecule has 0 amide bonds. The summed E-state index contributed by atoms with van der Waals surface area (Å²) in [6.45, 7) is -0.440. The van der Waals surface area contributed by atoms with Gasteiger partial charge in [0.15, 0.2) is 0 Å². The second-order valence-corrected chi connectivity index (χ2v) is 7.70. The zero-order valence-electron chi connectivity index (χ0n) is 18.1. The Morgan fingerprint density at radius 3 is 2.76 bits per heavy atom. The quantitative estimate of drug-likeness (QED) is 0.361. The van der Waals surface area contributed by atoms with E-state index in [0.29, 0.717) is 28.2 Å². The van der Waals surface area contributed by atoms with Crippen molar-refractivity contribution < 1.29 is 28.2 Å².